The maximum absolute atomic E-state index is 4.25. The first-order valence-electron chi connectivity index (χ1n) is 4.63. The van der Waals surface area contributed by atoms with Gasteiger partial charge in [0.2, 0.25) is 0 Å². The van der Waals surface area contributed by atoms with Crippen LogP contribution in [-0.2, 0) is 6.54 Å². The molecular weight excluding hydrogens is 200 g/mol. The van der Waals surface area contributed by atoms with Crippen LogP contribution in [0.1, 0.15) is 18.5 Å². The van der Waals surface area contributed by atoms with Gasteiger partial charge in [0.15, 0.2) is 0 Å². The molecule has 0 bridgehead atoms. The van der Waals surface area contributed by atoms with E-state index in [-0.39, 0.29) is 0 Å². The predicted octanol–water partition coefficient (Wildman–Crippen LogP) is 2.13. The van der Waals surface area contributed by atoms with Crippen LogP contribution >= 0.6 is 23.1 Å². The van der Waals surface area contributed by atoms with Crippen molar-refractivity contribution in [3.05, 3.63) is 16.6 Å². The highest BCUT2D eigenvalue weighted by Gasteiger charge is 2.12. The highest BCUT2D eigenvalue weighted by atomic mass is 32.2. The second-order valence-electron chi connectivity index (χ2n) is 3.27. The van der Waals surface area contributed by atoms with E-state index in [2.05, 4.69) is 27.4 Å². The molecule has 13 heavy (non-hydrogen) atoms. The minimum absolute atomic E-state index is 0.709. The maximum atomic E-state index is 4.25. The Morgan fingerprint density at radius 3 is 3.31 bits per heavy atom. The molecule has 1 N–H and O–H groups in total. The van der Waals surface area contributed by atoms with Gasteiger partial charge < -0.3 is 5.32 Å². The first kappa shape index (κ1) is 9.49. The number of nitrogens with zero attached hydrogens (tertiary/aromatic N) is 1. The summed E-state index contributed by atoms with van der Waals surface area (Å²) in [7, 11) is 0. The molecule has 1 fully saturated rings. The summed E-state index contributed by atoms with van der Waals surface area (Å²) in [6.07, 6.45) is 2.69. The number of rotatable bonds is 3. The average molecular weight is 214 g/mol. The third kappa shape index (κ3) is 2.97. The van der Waals surface area contributed by atoms with Crippen molar-refractivity contribution >= 4 is 23.1 Å². The van der Waals surface area contributed by atoms with Gasteiger partial charge in [0.25, 0.3) is 0 Å². The van der Waals surface area contributed by atoms with E-state index in [4.69, 9.17) is 0 Å². The standard InChI is InChI=1S/C9H14N2S2/c1-2-8(5-12-3-1)10-4-9-6-13-7-11-9/h6-8,10H,1-5H2/t8-/m0/s1. The number of thiazole rings is 1. The van der Waals surface area contributed by atoms with Crippen molar-refractivity contribution in [3.63, 3.8) is 0 Å². The molecule has 2 nitrogen and oxygen atoms in total. The highest BCUT2D eigenvalue weighted by Crippen LogP contribution is 2.17. The zero-order chi connectivity index (χ0) is 8.93. The lowest BCUT2D eigenvalue weighted by atomic mass is 10.2. The Morgan fingerprint density at radius 1 is 1.62 bits per heavy atom. The van der Waals surface area contributed by atoms with E-state index >= 15 is 0 Å². The van der Waals surface area contributed by atoms with Crippen LogP contribution in [0.2, 0.25) is 0 Å². The summed E-state index contributed by atoms with van der Waals surface area (Å²) in [4.78, 5) is 4.25. The Morgan fingerprint density at radius 2 is 2.62 bits per heavy atom. The minimum atomic E-state index is 0.709. The first-order chi connectivity index (χ1) is 6.45. The third-order valence-electron chi connectivity index (χ3n) is 2.22. The Kier molecular flexibility index (Phi) is 3.64. The number of nitrogens with one attached hydrogen (secondary N) is 1. The molecule has 0 spiro atoms. The summed E-state index contributed by atoms with van der Waals surface area (Å²) in [6, 6.07) is 0.709. The molecule has 0 saturated carbocycles. The van der Waals surface area contributed by atoms with Crippen LogP contribution in [0.25, 0.3) is 0 Å². The van der Waals surface area contributed by atoms with E-state index in [0.717, 1.165) is 6.54 Å². The molecule has 1 aliphatic heterocycles. The van der Waals surface area contributed by atoms with Gasteiger partial charge in [-0.3, -0.25) is 0 Å². The van der Waals surface area contributed by atoms with Crippen molar-refractivity contribution in [1.82, 2.24) is 10.3 Å². The molecule has 0 aliphatic carbocycles. The van der Waals surface area contributed by atoms with E-state index in [1.54, 1.807) is 11.3 Å². The summed E-state index contributed by atoms with van der Waals surface area (Å²) in [5, 5.41) is 5.66. The van der Waals surface area contributed by atoms with Gasteiger partial charge >= 0.3 is 0 Å². The van der Waals surface area contributed by atoms with E-state index < -0.39 is 0 Å². The average Bonchev–Trinajstić information content (AvgIpc) is 2.69. The lowest BCUT2D eigenvalue weighted by molar-refractivity contribution is 0.504. The summed E-state index contributed by atoms with van der Waals surface area (Å²) >= 11 is 3.73. The van der Waals surface area contributed by atoms with Crippen LogP contribution in [0.4, 0.5) is 0 Å². The lowest BCUT2D eigenvalue weighted by Gasteiger charge is -2.21. The monoisotopic (exact) mass is 214 g/mol. The fraction of sp³-hybridized carbons (Fsp3) is 0.667. The molecule has 1 atom stereocenters. The fourth-order valence-electron chi connectivity index (χ4n) is 1.48. The van der Waals surface area contributed by atoms with Crippen LogP contribution in [0.15, 0.2) is 10.9 Å². The van der Waals surface area contributed by atoms with Gasteiger partial charge in [0, 0.05) is 23.7 Å². The molecule has 1 aromatic heterocycles. The number of hydrogen-bond donors (Lipinski definition) is 1. The molecule has 0 aromatic carbocycles. The van der Waals surface area contributed by atoms with Gasteiger partial charge in [0.05, 0.1) is 11.2 Å². The second-order valence-corrected chi connectivity index (χ2v) is 5.14. The molecular formula is C9H14N2S2. The van der Waals surface area contributed by atoms with Crippen LogP contribution in [0, 0.1) is 0 Å². The van der Waals surface area contributed by atoms with Gasteiger partial charge in [-0.05, 0) is 18.6 Å². The van der Waals surface area contributed by atoms with Gasteiger partial charge in [-0.2, -0.15) is 11.8 Å². The second kappa shape index (κ2) is 4.98. The fourth-order valence-corrected chi connectivity index (χ4v) is 3.14. The molecule has 1 saturated heterocycles. The Labute approximate surface area is 87.1 Å². The van der Waals surface area contributed by atoms with Crippen molar-refractivity contribution in [2.75, 3.05) is 11.5 Å². The van der Waals surface area contributed by atoms with Crippen molar-refractivity contribution in [3.8, 4) is 0 Å². The van der Waals surface area contributed by atoms with E-state index in [0.29, 0.717) is 6.04 Å². The molecule has 0 unspecified atom stereocenters. The van der Waals surface area contributed by atoms with Gasteiger partial charge in [-0.15, -0.1) is 11.3 Å². The third-order valence-corrected chi connectivity index (χ3v) is 4.07. The van der Waals surface area contributed by atoms with Crippen molar-refractivity contribution in [2.24, 2.45) is 0 Å². The zero-order valence-corrected chi connectivity index (χ0v) is 9.16. The SMILES string of the molecule is c1nc(CN[C@H]2CCCSC2)cs1. The molecule has 2 rings (SSSR count). The Bertz CT molecular complexity index is 230. The lowest BCUT2D eigenvalue weighted by Crippen LogP contribution is -2.33. The van der Waals surface area contributed by atoms with Gasteiger partial charge in [-0.1, -0.05) is 0 Å². The van der Waals surface area contributed by atoms with Crippen LogP contribution in [0.5, 0.6) is 0 Å². The smallest absolute Gasteiger partial charge is 0.0795 e. The summed E-state index contributed by atoms with van der Waals surface area (Å²) < 4.78 is 0. The molecule has 0 radical (unpaired) electrons. The summed E-state index contributed by atoms with van der Waals surface area (Å²) in [5.41, 5.74) is 3.08. The van der Waals surface area contributed by atoms with Crippen molar-refractivity contribution < 1.29 is 0 Å². The normalized spacial score (nSPS) is 23.2. The van der Waals surface area contributed by atoms with E-state index in [1.165, 1.54) is 30.0 Å². The van der Waals surface area contributed by atoms with E-state index in [1.807, 2.05) is 5.51 Å². The van der Waals surface area contributed by atoms with Crippen molar-refractivity contribution in [2.45, 2.75) is 25.4 Å². The maximum Gasteiger partial charge on any atom is 0.0795 e. The highest BCUT2D eigenvalue weighted by molar-refractivity contribution is 7.99. The molecule has 2 heterocycles. The van der Waals surface area contributed by atoms with Crippen LogP contribution < -0.4 is 5.32 Å². The largest absolute Gasteiger partial charge is 0.308 e. The summed E-state index contributed by atoms with van der Waals surface area (Å²) in [5.74, 6) is 2.61. The van der Waals surface area contributed by atoms with Gasteiger partial charge in [0.1, 0.15) is 0 Å². The Balaban J connectivity index is 1.72. The number of aromatic nitrogens is 1. The predicted molar refractivity (Wildman–Crippen MR) is 59.3 cm³/mol. The van der Waals surface area contributed by atoms with Crippen LogP contribution in [-0.4, -0.2) is 22.5 Å². The number of thioether (sulfide) groups is 1. The first-order valence-corrected chi connectivity index (χ1v) is 6.73. The quantitative estimate of drug-likeness (QED) is 0.834. The molecule has 1 aliphatic rings. The van der Waals surface area contributed by atoms with E-state index in [9.17, 15) is 0 Å². The number of hydrogen-bond acceptors (Lipinski definition) is 4. The Hall–Kier alpha value is -0.0600. The molecule has 4 heteroatoms. The minimum Gasteiger partial charge on any atom is -0.308 e. The van der Waals surface area contributed by atoms with Crippen molar-refractivity contribution in [1.29, 1.82) is 0 Å². The van der Waals surface area contributed by atoms with Crippen LogP contribution in [0.3, 0.4) is 0 Å². The molecule has 1 aromatic rings. The molecule has 0 amide bonds. The zero-order valence-electron chi connectivity index (χ0n) is 7.53. The van der Waals surface area contributed by atoms with Gasteiger partial charge in [-0.25, -0.2) is 4.98 Å². The topological polar surface area (TPSA) is 24.9 Å². The molecule has 72 valence electrons. The summed E-state index contributed by atoms with van der Waals surface area (Å²) in [6.45, 7) is 0.939.